The normalized spacial score (nSPS) is 14.9. The van der Waals surface area contributed by atoms with Gasteiger partial charge in [-0.1, -0.05) is 12.1 Å². The van der Waals surface area contributed by atoms with Crippen LogP contribution in [-0.4, -0.2) is 46.2 Å². The molecular formula is C19H25FN4O. The number of aliphatic hydroxyl groups excluding tert-OH is 1. The van der Waals surface area contributed by atoms with Crippen LogP contribution in [0.15, 0.2) is 36.7 Å². The zero-order valence-corrected chi connectivity index (χ0v) is 14.4. The number of halogens is 1. The van der Waals surface area contributed by atoms with Gasteiger partial charge in [0.2, 0.25) is 5.95 Å². The molecule has 25 heavy (non-hydrogen) atoms. The van der Waals surface area contributed by atoms with E-state index in [9.17, 15) is 9.50 Å². The number of anilines is 1. The Kier molecular flexibility index (Phi) is 6.30. The molecule has 1 saturated heterocycles. The first kappa shape index (κ1) is 17.8. The topological polar surface area (TPSA) is 52.5 Å². The SMILES string of the molecule is OCCN(Cc1ccc(F)cc1)Cc1cnc(N2CCCCC2)nc1. The Morgan fingerprint density at radius 1 is 0.960 bits per heavy atom. The van der Waals surface area contributed by atoms with Crippen molar-refractivity contribution in [3.8, 4) is 0 Å². The second-order valence-corrected chi connectivity index (χ2v) is 6.50. The summed E-state index contributed by atoms with van der Waals surface area (Å²) < 4.78 is 13.0. The largest absolute Gasteiger partial charge is 0.395 e. The molecule has 1 aromatic heterocycles. The van der Waals surface area contributed by atoms with Crippen molar-refractivity contribution in [3.63, 3.8) is 0 Å². The molecule has 2 aromatic rings. The van der Waals surface area contributed by atoms with Gasteiger partial charge in [0.05, 0.1) is 6.61 Å². The summed E-state index contributed by atoms with van der Waals surface area (Å²) >= 11 is 0. The molecule has 1 aliphatic heterocycles. The molecule has 0 bridgehead atoms. The smallest absolute Gasteiger partial charge is 0.225 e. The van der Waals surface area contributed by atoms with E-state index in [0.717, 1.165) is 30.2 Å². The fourth-order valence-electron chi connectivity index (χ4n) is 3.15. The minimum Gasteiger partial charge on any atom is -0.395 e. The van der Waals surface area contributed by atoms with Crippen molar-refractivity contribution in [2.45, 2.75) is 32.4 Å². The summed E-state index contributed by atoms with van der Waals surface area (Å²) in [4.78, 5) is 13.4. The van der Waals surface area contributed by atoms with Crippen molar-refractivity contribution in [3.05, 3.63) is 53.6 Å². The first-order chi connectivity index (χ1) is 12.2. The molecule has 0 radical (unpaired) electrons. The third kappa shape index (κ3) is 5.21. The minimum atomic E-state index is -0.237. The van der Waals surface area contributed by atoms with E-state index in [1.165, 1.54) is 31.4 Å². The zero-order valence-electron chi connectivity index (χ0n) is 14.4. The molecule has 0 spiro atoms. The number of hydrogen-bond acceptors (Lipinski definition) is 5. The second kappa shape index (κ2) is 8.87. The number of piperidine rings is 1. The van der Waals surface area contributed by atoms with Crippen molar-refractivity contribution >= 4 is 5.95 Å². The van der Waals surface area contributed by atoms with E-state index in [0.29, 0.717) is 19.6 Å². The van der Waals surface area contributed by atoms with Gasteiger partial charge < -0.3 is 10.0 Å². The maximum atomic E-state index is 13.0. The summed E-state index contributed by atoms with van der Waals surface area (Å²) in [5.74, 6) is 0.565. The highest BCUT2D eigenvalue weighted by Gasteiger charge is 2.14. The predicted molar refractivity (Wildman–Crippen MR) is 95.7 cm³/mol. The number of rotatable bonds is 7. The fourth-order valence-corrected chi connectivity index (χ4v) is 3.15. The van der Waals surface area contributed by atoms with Gasteiger partial charge in [-0.3, -0.25) is 4.90 Å². The Hall–Kier alpha value is -2.05. The van der Waals surface area contributed by atoms with Gasteiger partial charge in [0.25, 0.3) is 0 Å². The summed E-state index contributed by atoms with van der Waals surface area (Å²) in [6.45, 7) is 3.98. The summed E-state index contributed by atoms with van der Waals surface area (Å²) in [5.41, 5.74) is 2.03. The van der Waals surface area contributed by atoms with Crippen LogP contribution < -0.4 is 4.90 Å². The van der Waals surface area contributed by atoms with E-state index in [1.54, 1.807) is 12.1 Å². The first-order valence-electron chi connectivity index (χ1n) is 8.88. The summed E-state index contributed by atoms with van der Waals surface area (Å²) in [7, 11) is 0. The van der Waals surface area contributed by atoms with Crippen LogP contribution in [0.3, 0.4) is 0 Å². The molecule has 134 valence electrons. The molecule has 1 aromatic carbocycles. The Labute approximate surface area is 148 Å². The molecule has 0 saturated carbocycles. The lowest BCUT2D eigenvalue weighted by atomic mass is 10.1. The van der Waals surface area contributed by atoms with Gasteiger partial charge in [0.1, 0.15) is 5.82 Å². The van der Waals surface area contributed by atoms with Crippen LogP contribution in [0.2, 0.25) is 0 Å². The van der Waals surface area contributed by atoms with Gasteiger partial charge in [-0.05, 0) is 37.0 Å². The number of aliphatic hydroxyl groups is 1. The summed E-state index contributed by atoms with van der Waals surface area (Å²) in [5, 5.41) is 9.31. The highest BCUT2D eigenvalue weighted by atomic mass is 19.1. The van der Waals surface area contributed by atoms with Crippen LogP contribution in [0.4, 0.5) is 10.3 Å². The monoisotopic (exact) mass is 344 g/mol. The van der Waals surface area contributed by atoms with Crippen molar-refractivity contribution in [2.24, 2.45) is 0 Å². The van der Waals surface area contributed by atoms with E-state index < -0.39 is 0 Å². The van der Waals surface area contributed by atoms with Gasteiger partial charge in [-0.15, -0.1) is 0 Å². The Balaban J connectivity index is 1.62. The van der Waals surface area contributed by atoms with E-state index in [2.05, 4.69) is 19.8 Å². The molecule has 5 nitrogen and oxygen atoms in total. The number of aromatic nitrogens is 2. The van der Waals surface area contributed by atoms with Crippen LogP contribution in [0.25, 0.3) is 0 Å². The maximum absolute atomic E-state index is 13.0. The Bertz CT molecular complexity index is 641. The van der Waals surface area contributed by atoms with Crippen molar-refractivity contribution in [1.29, 1.82) is 0 Å². The standard InChI is InChI=1S/C19H25FN4O/c20-18-6-4-16(5-7-18)14-23(10-11-25)15-17-12-21-19(22-13-17)24-8-2-1-3-9-24/h4-7,12-13,25H,1-3,8-11,14-15H2. The molecule has 0 aliphatic carbocycles. The van der Waals surface area contributed by atoms with Crippen molar-refractivity contribution < 1.29 is 9.50 Å². The molecule has 6 heteroatoms. The highest BCUT2D eigenvalue weighted by Crippen LogP contribution is 2.16. The van der Waals surface area contributed by atoms with E-state index in [1.807, 2.05) is 12.4 Å². The van der Waals surface area contributed by atoms with Crippen molar-refractivity contribution in [1.82, 2.24) is 14.9 Å². The zero-order chi connectivity index (χ0) is 17.5. The fraction of sp³-hybridized carbons (Fsp3) is 0.474. The lowest BCUT2D eigenvalue weighted by molar-refractivity contribution is 0.184. The number of hydrogen-bond donors (Lipinski definition) is 1. The quantitative estimate of drug-likeness (QED) is 0.837. The average molecular weight is 344 g/mol. The lowest BCUT2D eigenvalue weighted by Gasteiger charge is -2.26. The first-order valence-corrected chi connectivity index (χ1v) is 8.88. The molecule has 1 fully saturated rings. The molecule has 2 heterocycles. The van der Waals surface area contributed by atoms with Crippen LogP contribution in [0.1, 0.15) is 30.4 Å². The number of benzene rings is 1. The average Bonchev–Trinajstić information content (AvgIpc) is 2.65. The lowest BCUT2D eigenvalue weighted by Crippen LogP contribution is -2.31. The van der Waals surface area contributed by atoms with Crippen LogP contribution in [0, 0.1) is 5.82 Å². The Morgan fingerprint density at radius 2 is 1.60 bits per heavy atom. The molecule has 3 rings (SSSR count). The third-order valence-corrected chi connectivity index (χ3v) is 4.47. The van der Waals surface area contributed by atoms with Gasteiger partial charge >= 0.3 is 0 Å². The second-order valence-electron chi connectivity index (χ2n) is 6.50. The highest BCUT2D eigenvalue weighted by molar-refractivity contribution is 5.30. The van der Waals surface area contributed by atoms with Crippen LogP contribution in [-0.2, 0) is 13.1 Å². The summed E-state index contributed by atoms with van der Waals surface area (Å²) in [6, 6.07) is 6.47. The van der Waals surface area contributed by atoms with Gasteiger partial charge in [-0.25, -0.2) is 14.4 Å². The van der Waals surface area contributed by atoms with Crippen molar-refractivity contribution in [2.75, 3.05) is 31.1 Å². The molecule has 0 unspecified atom stereocenters. The van der Waals surface area contributed by atoms with E-state index in [4.69, 9.17) is 0 Å². The van der Waals surface area contributed by atoms with E-state index in [-0.39, 0.29) is 12.4 Å². The number of nitrogens with zero attached hydrogens (tertiary/aromatic N) is 4. The maximum Gasteiger partial charge on any atom is 0.225 e. The minimum absolute atomic E-state index is 0.0773. The summed E-state index contributed by atoms with van der Waals surface area (Å²) in [6.07, 6.45) is 7.42. The molecule has 0 amide bonds. The van der Waals surface area contributed by atoms with Crippen LogP contribution in [0.5, 0.6) is 0 Å². The van der Waals surface area contributed by atoms with Gasteiger partial charge in [0.15, 0.2) is 0 Å². The molecular weight excluding hydrogens is 319 g/mol. The molecule has 0 atom stereocenters. The Morgan fingerprint density at radius 3 is 2.24 bits per heavy atom. The molecule has 1 aliphatic rings. The van der Waals surface area contributed by atoms with Crippen LogP contribution >= 0.6 is 0 Å². The van der Waals surface area contributed by atoms with Gasteiger partial charge in [0, 0.05) is 50.7 Å². The third-order valence-electron chi connectivity index (χ3n) is 4.47. The van der Waals surface area contributed by atoms with E-state index >= 15 is 0 Å². The van der Waals surface area contributed by atoms with Gasteiger partial charge in [-0.2, -0.15) is 0 Å². The molecule has 1 N–H and O–H groups in total. The predicted octanol–water partition coefficient (Wildman–Crippen LogP) is 2.60.